The largest absolute Gasteiger partial charge is 0.481 e. The normalized spacial score (nSPS) is 10.8. The third kappa shape index (κ3) is 5.27. The van der Waals surface area contributed by atoms with Crippen LogP contribution in [0.5, 0.6) is 0 Å². The van der Waals surface area contributed by atoms with Crippen LogP contribution in [-0.4, -0.2) is 37.7 Å². The minimum atomic E-state index is -3.75. The van der Waals surface area contributed by atoms with Gasteiger partial charge in [-0.1, -0.05) is 6.07 Å². The molecule has 110 valence electrons. The molecule has 7 nitrogen and oxygen atoms in total. The van der Waals surface area contributed by atoms with E-state index >= 15 is 0 Å². The molecule has 8 heteroatoms. The molecule has 1 amide bonds. The lowest BCUT2D eigenvalue weighted by Crippen LogP contribution is -2.23. The number of aliphatic carboxylic acids is 1. The molecule has 0 radical (unpaired) electrons. The van der Waals surface area contributed by atoms with Crippen molar-refractivity contribution in [3.8, 4) is 0 Å². The summed E-state index contributed by atoms with van der Waals surface area (Å²) in [5.41, 5.74) is 0.546. The summed E-state index contributed by atoms with van der Waals surface area (Å²) in [7, 11) is -3.75. The van der Waals surface area contributed by atoms with Crippen molar-refractivity contribution in [3.63, 3.8) is 0 Å². The average Bonchev–Trinajstić information content (AvgIpc) is 2.37. The van der Waals surface area contributed by atoms with Crippen LogP contribution in [0.15, 0.2) is 24.3 Å². The lowest BCUT2D eigenvalue weighted by molar-refractivity contribution is -0.136. The molecule has 1 rings (SSSR count). The van der Waals surface area contributed by atoms with Gasteiger partial charge in [-0.2, -0.15) is 0 Å². The van der Waals surface area contributed by atoms with Gasteiger partial charge in [0.1, 0.15) is 0 Å². The monoisotopic (exact) mass is 300 g/mol. The predicted octanol–water partition coefficient (Wildman–Crippen LogP) is 0.653. The first-order valence-corrected chi connectivity index (χ1v) is 7.60. The molecule has 0 unspecified atom stereocenters. The molecule has 1 aromatic carbocycles. The van der Waals surface area contributed by atoms with Gasteiger partial charge in [0.05, 0.1) is 12.2 Å². The van der Waals surface area contributed by atoms with Crippen molar-refractivity contribution in [2.45, 2.75) is 13.3 Å². The van der Waals surface area contributed by atoms with E-state index in [1.165, 1.54) is 12.1 Å². The Morgan fingerprint density at radius 3 is 2.60 bits per heavy atom. The standard InChI is InChI=1S/C12H16N2O5S/c1-2-13-12(17)9-4-3-5-10(8-9)14-20(18,19)7-6-11(15)16/h3-5,8,14H,2,6-7H2,1H3,(H,13,17)(H,15,16). The number of carboxylic acids is 1. The van der Waals surface area contributed by atoms with Crippen LogP contribution in [0.4, 0.5) is 5.69 Å². The fraction of sp³-hybridized carbons (Fsp3) is 0.333. The zero-order valence-corrected chi connectivity index (χ0v) is 11.7. The quantitative estimate of drug-likeness (QED) is 0.684. The highest BCUT2D eigenvalue weighted by Crippen LogP contribution is 2.13. The van der Waals surface area contributed by atoms with Crippen molar-refractivity contribution in [1.82, 2.24) is 5.32 Å². The zero-order valence-electron chi connectivity index (χ0n) is 10.9. The average molecular weight is 300 g/mol. The van der Waals surface area contributed by atoms with Gasteiger partial charge in [0.15, 0.2) is 0 Å². The first-order chi connectivity index (χ1) is 9.34. The second-order valence-corrected chi connectivity index (χ2v) is 5.85. The van der Waals surface area contributed by atoms with Crippen molar-refractivity contribution in [1.29, 1.82) is 0 Å². The molecule has 0 aliphatic rings. The number of nitrogens with one attached hydrogen (secondary N) is 2. The van der Waals surface area contributed by atoms with Crippen LogP contribution in [0.3, 0.4) is 0 Å². The zero-order chi connectivity index (χ0) is 15.2. The summed E-state index contributed by atoms with van der Waals surface area (Å²) in [6, 6.07) is 5.98. The Bertz CT molecular complexity index is 598. The van der Waals surface area contributed by atoms with E-state index in [-0.39, 0.29) is 11.6 Å². The number of hydrogen-bond donors (Lipinski definition) is 3. The smallest absolute Gasteiger partial charge is 0.304 e. The summed E-state index contributed by atoms with van der Waals surface area (Å²) in [5, 5.41) is 11.1. The summed E-state index contributed by atoms with van der Waals surface area (Å²) in [6.07, 6.45) is -0.481. The molecule has 3 N–H and O–H groups in total. The molecular formula is C12H16N2O5S. The van der Waals surface area contributed by atoms with E-state index in [1.54, 1.807) is 19.1 Å². The van der Waals surface area contributed by atoms with Crippen LogP contribution in [0, 0.1) is 0 Å². The van der Waals surface area contributed by atoms with E-state index < -0.39 is 28.2 Å². The maximum Gasteiger partial charge on any atom is 0.304 e. The number of carbonyl (C=O) groups is 2. The third-order valence-corrected chi connectivity index (χ3v) is 3.61. The van der Waals surface area contributed by atoms with Gasteiger partial charge >= 0.3 is 5.97 Å². The summed E-state index contributed by atoms with van der Waals surface area (Å²) in [4.78, 5) is 22.0. The summed E-state index contributed by atoms with van der Waals surface area (Å²) < 4.78 is 25.5. The predicted molar refractivity (Wildman–Crippen MR) is 74.1 cm³/mol. The van der Waals surface area contributed by atoms with E-state index in [4.69, 9.17) is 5.11 Å². The highest BCUT2D eigenvalue weighted by Gasteiger charge is 2.13. The molecule has 0 bridgehead atoms. The molecule has 0 spiro atoms. The van der Waals surface area contributed by atoms with Gasteiger partial charge in [-0.05, 0) is 25.1 Å². The van der Waals surface area contributed by atoms with Gasteiger partial charge in [-0.15, -0.1) is 0 Å². The van der Waals surface area contributed by atoms with Gasteiger partial charge < -0.3 is 10.4 Å². The number of sulfonamides is 1. The molecule has 0 saturated heterocycles. The number of carbonyl (C=O) groups excluding carboxylic acids is 1. The van der Waals surface area contributed by atoms with Crippen LogP contribution in [-0.2, 0) is 14.8 Å². The molecule has 0 fully saturated rings. The Morgan fingerprint density at radius 2 is 2.00 bits per heavy atom. The topological polar surface area (TPSA) is 113 Å². The number of amides is 1. The van der Waals surface area contributed by atoms with E-state index in [0.717, 1.165) is 0 Å². The highest BCUT2D eigenvalue weighted by atomic mass is 32.2. The van der Waals surface area contributed by atoms with E-state index in [2.05, 4.69) is 10.0 Å². The molecular weight excluding hydrogens is 284 g/mol. The van der Waals surface area contributed by atoms with Gasteiger partial charge in [-0.3, -0.25) is 14.3 Å². The van der Waals surface area contributed by atoms with Crippen molar-refractivity contribution < 1.29 is 23.1 Å². The fourth-order valence-corrected chi connectivity index (χ4v) is 2.47. The Labute approximate surface area is 117 Å². The maximum absolute atomic E-state index is 11.6. The molecule has 1 aromatic rings. The summed E-state index contributed by atoms with van der Waals surface area (Å²) in [5.74, 6) is -2.01. The van der Waals surface area contributed by atoms with Crippen LogP contribution in [0.25, 0.3) is 0 Å². The Kier molecular flexibility index (Phi) is 5.51. The van der Waals surface area contributed by atoms with Gasteiger partial charge in [0.2, 0.25) is 10.0 Å². The maximum atomic E-state index is 11.6. The van der Waals surface area contributed by atoms with Crippen LogP contribution >= 0.6 is 0 Å². The SMILES string of the molecule is CCNC(=O)c1cccc(NS(=O)(=O)CCC(=O)O)c1. The highest BCUT2D eigenvalue weighted by molar-refractivity contribution is 7.92. The number of hydrogen-bond acceptors (Lipinski definition) is 4. The minimum absolute atomic E-state index is 0.221. The molecule has 0 aromatic heterocycles. The van der Waals surface area contributed by atoms with Crippen LogP contribution < -0.4 is 10.0 Å². The Balaban J connectivity index is 2.80. The molecule has 0 saturated carbocycles. The van der Waals surface area contributed by atoms with Gasteiger partial charge in [0, 0.05) is 17.8 Å². The Morgan fingerprint density at radius 1 is 1.30 bits per heavy atom. The number of benzene rings is 1. The summed E-state index contributed by atoms with van der Waals surface area (Å²) >= 11 is 0. The van der Waals surface area contributed by atoms with Gasteiger partial charge in [-0.25, -0.2) is 8.42 Å². The second-order valence-electron chi connectivity index (χ2n) is 4.00. The van der Waals surface area contributed by atoms with Crippen molar-refractivity contribution >= 4 is 27.6 Å². The van der Waals surface area contributed by atoms with Crippen LogP contribution in [0.2, 0.25) is 0 Å². The lowest BCUT2D eigenvalue weighted by Gasteiger charge is -2.08. The molecule has 0 aliphatic heterocycles. The number of anilines is 1. The number of carboxylic acid groups (broad SMARTS) is 1. The second kappa shape index (κ2) is 6.90. The minimum Gasteiger partial charge on any atom is -0.481 e. The van der Waals surface area contributed by atoms with Crippen molar-refractivity contribution in [2.24, 2.45) is 0 Å². The molecule has 20 heavy (non-hydrogen) atoms. The fourth-order valence-electron chi connectivity index (χ4n) is 1.44. The lowest BCUT2D eigenvalue weighted by atomic mass is 10.2. The van der Waals surface area contributed by atoms with E-state index in [9.17, 15) is 18.0 Å². The van der Waals surface area contributed by atoms with E-state index in [0.29, 0.717) is 12.1 Å². The van der Waals surface area contributed by atoms with Crippen molar-refractivity contribution in [3.05, 3.63) is 29.8 Å². The summed E-state index contributed by atoms with van der Waals surface area (Å²) in [6.45, 7) is 2.24. The van der Waals surface area contributed by atoms with Gasteiger partial charge in [0.25, 0.3) is 5.91 Å². The van der Waals surface area contributed by atoms with Crippen molar-refractivity contribution in [2.75, 3.05) is 17.0 Å². The first-order valence-electron chi connectivity index (χ1n) is 5.94. The van der Waals surface area contributed by atoms with Crippen LogP contribution in [0.1, 0.15) is 23.7 Å². The Hall–Kier alpha value is -2.09. The third-order valence-electron chi connectivity index (χ3n) is 2.32. The first kappa shape index (κ1) is 16.0. The number of rotatable bonds is 7. The van der Waals surface area contributed by atoms with E-state index in [1.807, 2.05) is 0 Å². The molecule has 0 atom stereocenters. The molecule has 0 aliphatic carbocycles. The molecule has 0 heterocycles.